The molecule has 100 valence electrons. The van der Waals surface area contributed by atoms with E-state index in [1.54, 1.807) is 0 Å². The number of methoxy groups -OCH3 is 1. The maximum atomic E-state index is 11.1. The Balaban J connectivity index is 2.18. The third-order valence-electron chi connectivity index (χ3n) is 3.06. The number of morpholine rings is 1. The molecule has 1 aliphatic heterocycles. The van der Waals surface area contributed by atoms with Crippen molar-refractivity contribution in [1.82, 2.24) is 10.2 Å². The predicted molar refractivity (Wildman–Crippen MR) is 66.0 cm³/mol. The van der Waals surface area contributed by atoms with Crippen LogP contribution >= 0.6 is 0 Å². The van der Waals surface area contributed by atoms with Crippen LogP contribution in [-0.2, 0) is 14.3 Å². The van der Waals surface area contributed by atoms with Gasteiger partial charge in [-0.2, -0.15) is 0 Å². The molecule has 1 aliphatic rings. The number of hydrogen-bond acceptors (Lipinski definition) is 5. The molecule has 1 heterocycles. The second kappa shape index (κ2) is 7.63. The highest BCUT2D eigenvalue weighted by molar-refractivity contribution is 5.69. The van der Waals surface area contributed by atoms with Crippen LogP contribution in [-0.4, -0.2) is 62.9 Å². The van der Waals surface area contributed by atoms with Gasteiger partial charge in [0.05, 0.1) is 26.2 Å². The molecule has 0 aliphatic carbocycles. The lowest BCUT2D eigenvalue weighted by molar-refractivity contribution is -0.141. The van der Waals surface area contributed by atoms with E-state index in [-0.39, 0.29) is 18.1 Å². The van der Waals surface area contributed by atoms with Gasteiger partial charge in [-0.15, -0.1) is 0 Å². The van der Waals surface area contributed by atoms with Gasteiger partial charge in [0.25, 0.3) is 0 Å². The summed E-state index contributed by atoms with van der Waals surface area (Å²) in [6.07, 6.45) is 0.629. The Morgan fingerprint density at radius 2 is 2.41 bits per heavy atom. The zero-order valence-corrected chi connectivity index (χ0v) is 11.1. The van der Waals surface area contributed by atoms with Crippen molar-refractivity contribution in [2.24, 2.45) is 0 Å². The van der Waals surface area contributed by atoms with Gasteiger partial charge in [-0.05, 0) is 13.5 Å². The molecule has 0 bridgehead atoms. The number of rotatable bonds is 6. The van der Waals surface area contributed by atoms with Gasteiger partial charge in [-0.3, -0.25) is 9.69 Å². The summed E-state index contributed by atoms with van der Waals surface area (Å²) in [5, 5.41) is 3.31. The third-order valence-corrected chi connectivity index (χ3v) is 3.06. The molecule has 1 rings (SSSR count). The van der Waals surface area contributed by atoms with Gasteiger partial charge in [0.15, 0.2) is 0 Å². The van der Waals surface area contributed by atoms with Crippen molar-refractivity contribution >= 4 is 5.97 Å². The molecule has 5 heteroatoms. The van der Waals surface area contributed by atoms with Gasteiger partial charge in [0.1, 0.15) is 0 Å². The average molecular weight is 244 g/mol. The van der Waals surface area contributed by atoms with Crippen molar-refractivity contribution in [3.8, 4) is 0 Å². The van der Waals surface area contributed by atoms with E-state index in [1.165, 1.54) is 7.11 Å². The van der Waals surface area contributed by atoms with Crippen molar-refractivity contribution in [3.63, 3.8) is 0 Å². The highest BCUT2D eigenvalue weighted by Gasteiger charge is 2.19. The Kier molecular flexibility index (Phi) is 6.47. The SMILES string of the molecule is CCN1CCOC(CNC(C)CC(=O)OC)C1. The molecule has 0 aromatic carbocycles. The molecule has 2 unspecified atom stereocenters. The first kappa shape index (κ1) is 14.4. The van der Waals surface area contributed by atoms with E-state index in [0.717, 1.165) is 32.8 Å². The van der Waals surface area contributed by atoms with E-state index < -0.39 is 0 Å². The van der Waals surface area contributed by atoms with Crippen molar-refractivity contribution in [3.05, 3.63) is 0 Å². The molecule has 1 saturated heterocycles. The number of likely N-dealkylation sites (N-methyl/N-ethyl adjacent to an activating group) is 1. The van der Waals surface area contributed by atoms with E-state index in [1.807, 2.05) is 6.92 Å². The lowest BCUT2D eigenvalue weighted by Crippen LogP contribution is -2.47. The summed E-state index contributed by atoms with van der Waals surface area (Å²) in [5.74, 6) is -0.176. The fourth-order valence-electron chi connectivity index (χ4n) is 1.93. The smallest absolute Gasteiger partial charge is 0.307 e. The number of hydrogen-bond donors (Lipinski definition) is 1. The number of carbonyl (C=O) groups excluding carboxylic acids is 1. The third kappa shape index (κ3) is 5.48. The molecule has 2 atom stereocenters. The van der Waals surface area contributed by atoms with Crippen LogP contribution in [0.5, 0.6) is 0 Å². The Morgan fingerprint density at radius 1 is 1.65 bits per heavy atom. The Bertz CT molecular complexity index is 236. The molecule has 1 fully saturated rings. The highest BCUT2D eigenvalue weighted by atomic mass is 16.5. The van der Waals surface area contributed by atoms with E-state index >= 15 is 0 Å². The van der Waals surface area contributed by atoms with Crippen LogP contribution in [0.15, 0.2) is 0 Å². The quantitative estimate of drug-likeness (QED) is 0.679. The summed E-state index contributed by atoms with van der Waals surface area (Å²) >= 11 is 0. The van der Waals surface area contributed by atoms with Crippen LogP contribution in [0.25, 0.3) is 0 Å². The summed E-state index contributed by atoms with van der Waals surface area (Å²) in [7, 11) is 1.42. The van der Waals surface area contributed by atoms with Gasteiger partial charge < -0.3 is 14.8 Å². The lowest BCUT2D eigenvalue weighted by Gasteiger charge is -2.32. The zero-order chi connectivity index (χ0) is 12.7. The lowest BCUT2D eigenvalue weighted by atomic mass is 10.2. The highest BCUT2D eigenvalue weighted by Crippen LogP contribution is 2.04. The molecule has 0 spiro atoms. The second-order valence-electron chi connectivity index (χ2n) is 4.48. The van der Waals surface area contributed by atoms with Gasteiger partial charge in [0, 0.05) is 25.7 Å². The monoisotopic (exact) mass is 244 g/mol. The largest absolute Gasteiger partial charge is 0.469 e. The normalized spacial score (nSPS) is 23.4. The van der Waals surface area contributed by atoms with Crippen LogP contribution in [0, 0.1) is 0 Å². The van der Waals surface area contributed by atoms with Crippen molar-refractivity contribution in [2.45, 2.75) is 32.4 Å². The first-order valence-electron chi connectivity index (χ1n) is 6.29. The second-order valence-corrected chi connectivity index (χ2v) is 4.48. The molecule has 0 aromatic heterocycles. The van der Waals surface area contributed by atoms with E-state index in [4.69, 9.17) is 4.74 Å². The standard InChI is InChI=1S/C12H24N2O3/c1-4-14-5-6-17-11(9-14)8-13-10(2)7-12(15)16-3/h10-11,13H,4-9H2,1-3H3. The van der Waals surface area contributed by atoms with Crippen LogP contribution in [0.3, 0.4) is 0 Å². The minimum absolute atomic E-state index is 0.128. The van der Waals surface area contributed by atoms with Gasteiger partial charge in [-0.1, -0.05) is 6.92 Å². The number of esters is 1. The Labute approximate surface area is 103 Å². The first-order valence-corrected chi connectivity index (χ1v) is 6.29. The van der Waals surface area contributed by atoms with Gasteiger partial charge >= 0.3 is 5.97 Å². The molecular weight excluding hydrogens is 220 g/mol. The average Bonchev–Trinajstić information content (AvgIpc) is 2.36. The number of ether oxygens (including phenoxy) is 2. The predicted octanol–water partition coefficient (Wildman–Crippen LogP) is 0.248. The van der Waals surface area contributed by atoms with Crippen molar-refractivity contribution in [1.29, 1.82) is 0 Å². The summed E-state index contributed by atoms with van der Waals surface area (Å²) in [4.78, 5) is 13.4. The molecule has 0 amide bonds. The summed E-state index contributed by atoms with van der Waals surface area (Å²) in [6.45, 7) is 8.78. The minimum Gasteiger partial charge on any atom is -0.469 e. The Morgan fingerprint density at radius 3 is 3.06 bits per heavy atom. The minimum atomic E-state index is -0.176. The number of carbonyl (C=O) groups is 1. The molecular formula is C12H24N2O3. The van der Waals surface area contributed by atoms with Gasteiger partial charge in [-0.25, -0.2) is 0 Å². The maximum Gasteiger partial charge on any atom is 0.307 e. The summed E-state index contributed by atoms with van der Waals surface area (Å²) < 4.78 is 10.3. The van der Waals surface area contributed by atoms with E-state index in [0.29, 0.717) is 6.42 Å². The molecule has 0 saturated carbocycles. The maximum absolute atomic E-state index is 11.1. The first-order chi connectivity index (χ1) is 8.15. The molecule has 1 N–H and O–H groups in total. The van der Waals surface area contributed by atoms with Crippen molar-refractivity contribution in [2.75, 3.05) is 39.9 Å². The summed E-state index contributed by atoms with van der Waals surface area (Å²) in [6, 6.07) is 0.128. The van der Waals surface area contributed by atoms with Crippen LogP contribution in [0.1, 0.15) is 20.3 Å². The molecule has 0 radical (unpaired) electrons. The fraction of sp³-hybridized carbons (Fsp3) is 0.917. The summed E-state index contributed by atoms with van der Waals surface area (Å²) in [5.41, 5.74) is 0. The molecule has 5 nitrogen and oxygen atoms in total. The van der Waals surface area contributed by atoms with Gasteiger partial charge in [0.2, 0.25) is 0 Å². The van der Waals surface area contributed by atoms with Crippen LogP contribution < -0.4 is 5.32 Å². The molecule has 17 heavy (non-hydrogen) atoms. The number of nitrogens with one attached hydrogen (secondary N) is 1. The van der Waals surface area contributed by atoms with E-state index in [9.17, 15) is 4.79 Å². The van der Waals surface area contributed by atoms with E-state index in [2.05, 4.69) is 21.9 Å². The Hall–Kier alpha value is -0.650. The zero-order valence-electron chi connectivity index (χ0n) is 11.1. The molecule has 0 aromatic rings. The topological polar surface area (TPSA) is 50.8 Å². The fourth-order valence-corrected chi connectivity index (χ4v) is 1.93. The number of nitrogens with zero attached hydrogens (tertiary/aromatic N) is 1. The van der Waals surface area contributed by atoms with Crippen LogP contribution in [0.4, 0.5) is 0 Å². The van der Waals surface area contributed by atoms with Crippen LogP contribution in [0.2, 0.25) is 0 Å². The van der Waals surface area contributed by atoms with Crippen molar-refractivity contribution < 1.29 is 14.3 Å².